The third-order valence-electron chi connectivity index (χ3n) is 4.97. The van der Waals surface area contributed by atoms with E-state index >= 15 is 0 Å². The predicted octanol–water partition coefficient (Wildman–Crippen LogP) is 4.26. The van der Waals surface area contributed by atoms with Crippen LogP contribution in [0.25, 0.3) is 0 Å². The summed E-state index contributed by atoms with van der Waals surface area (Å²) >= 11 is 0. The van der Waals surface area contributed by atoms with E-state index in [1.54, 1.807) is 0 Å². The molecule has 2 aromatic rings. The lowest BCUT2D eigenvalue weighted by Gasteiger charge is -2.17. The number of rotatable bonds is 8. The van der Waals surface area contributed by atoms with Crippen LogP contribution < -0.4 is 20.3 Å². The minimum Gasteiger partial charge on any atom is -0.494 e. The van der Waals surface area contributed by atoms with Gasteiger partial charge in [-0.25, -0.2) is 9.98 Å². The Morgan fingerprint density at radius 3 is 2.67 bits per heavy atom. The lowest BCUT2D eigenvalue weighted by Crippen LogP contribution is -2.36. The number of hydrogen-bond donors (Lipinski definition) is 2. The highest BCUT2D eigenvalue weighted by Gasteiger charge is 2.13. The quantitative estimate of drug-likeness (QED) is 0.308. The molecule has 0 radical (unpaired) electrons. The summed E-state index contributed by atoms with van der Waals surface area (Å²) in [5, 5.41) is 6.76. The number of halogens is 1. The maximum absolute atomic E-state index is 5.79. The van der Waals surface area contributed by atoms with Gasteiger partial charge in [-0.1, -0.05) is 12.1 Å². The Morgan fingerprint density at radius 1 is 1.13 bits per heavy atom. The van der Waals surface area contributed by atoms with Gasteiger partial charge in [0.25, 0.3) is 0 Å². The summed E-state index contributed by atoms with van der Waals surface area (Å²) in [6, 6.07) is 10.5. The van der Waals surface area contributed by atoms with Gasteiger partial charge in [0.2, 0.25) is 0 Å². The first-order valence-corrected chi connectivity index (χ1v) is 10.6. The average molecular weight is 523 g/mol. The molecule has 0 bridgehead atoms. The molecule has 0 spiro atoms. The van der Waals surface area contributed by atoms with Crippen LogP contribution in [-0.4, -0.2) is 37.2 Å². The topological polar surface area (TPSA) is 61.8 Å². The first-order chi connectivity index (χ1) is 14.2. The summed E-state index contributed by atoms with van der Waals surface area (Å²) in [7, 11) is 0. The summed E-state index contributed by atoms with van der Waals surface area (Å²) in [5.41, 5.74) is 3.50. The summed E-state index contributed by atoms with van der Waals surface area (Å²) in [6.07, 6.45) is 4.39. The molecule has 0 unspecified atom stereocenters. The molecule has 2 heterocycles. The van der Waals surface area contributed by atoms with Crippen molar-refractivity contribution in [2.75, 3.05) is 31.1 Å². The molecular formula is C23H34IN5O. The molecule has 2 N–H and O–H groups in total. The molecule has 1 aliphatic rings. The third-order valence-corrected chi connectivity index (χ3v) is 4.97. The Bertz CT molecular complexity index is 821. The number of nitrogens with one attached hydrogen (secondary N) is 2. The van der Waals surface area contributed by atoms with Gasteiger partial charge in [0.1, 0.15) is 11.6 Å². The van der Waals surface area contributed by atoms with Crippen LogP contribution in [-0.2, 0) is 13.1 Å². The SMILES string of the molecule is CCNC(=NCc1ccnc(N2CCCC2)c1)NCc1ccc(C)cc1OCC.I. The molecule has 0 atom stereocenters. The number of hydrogen-bond acceptors (Lipinski definition) is 4. The second-order valence-corrected chi connectivity index (χ2v) is 7.31. The van der Waals surface area contributed by atoms with Gasteiger partial charge in [0.15, 0.2) is 5.96 Å². The number of aliphatic imine (C=N–C) groups is 1. The van der Waals surface area contributed by atoms with Crippen molar-refractivity contribution in [3.05, 3.63) is 53.2 Å². The van der Waals surface area contributed by atoms with Crippen molar-refractivity contribution >= 4 is 35.8 Å². The maximum atomic E-state index is 5.79. The summed E-state index contributed by atoms with van der Waals surface area (Å²) in [4.78, 5) is 11.6. The van der Waals surface area contributed by atoms with Crippen LogP contribution in [0, 0.1) is 6.92 Å². The normalized spacial score (nSPS) is 13.7. The molecule has 0 saturated carbocycles. The number of benzene rings is 1. The number of ether oxygens (including phenoxy) is 1. The molecule has 6 nitrogen and oxygen atoms in total. The monoisotopic (exact) mass is 523 g/mol. The van der Waals surface area contributed by atoms with Gasteiger partial charge in [-0.2, -0.15) is 0 Å². The van der Waals surface area contributed by atoms with Crippen LogP contribution in [0.5, 0.6) is 5.75 Å². The molecule has 164 valence electrons. The minimum atomic E-state index is 0. The second-order valence-electron chi connectivity index (χ2n) is 7.31. The standard InChI is InChI=1S/C23H33N5O.HI/c1-4-24-23(27-17-20-9-8-18(3)14-21(20)29-5-2)26-16-19-10-11-25-22(15-19)28-12-6-7-13-28;/h8-11,14-15H,4-7,12-13,16-17H2,1-3H3,(H2,24,26,27);1H. The molecule has 1 aliphatic heterocycles. The Balaban J connectivity index is 0.00000320. The molecule has 30 heavy (non-hydrogen) atoms. The van der Waals surface area contributed by atoms with Crippen molar-refractivity contribution in [1.29, 1.82) is 0 Å². The minimum absolute atomic E-state index is 0. The van der Waals surface area contributed by atoms with Crippen molar-refractivity contribution < 1.29 is 4.74 Å². The van der Waals surface area contributed by atoms with E-state index in [-0.39, 0.29) is 24.0 Å². The number of guanidine groups is 1. The molecule has 3 rings (SSSR count). The Labute approximate surface area is 197 Å². The van der Waals surface area contributed by atoms with Gasteiger partial charge in [0.05, 0.1) is 13.2 Å². The number of aromatic nitrogens is 1. The highest BCUT2D eigenvalue weighted by Crippen LogP contribution is 2.21. The van der Waals surface area contributed by atoms with Crippen LogP contribution in [0.3, 0.4) is 0 Å². The van der Waals surface area contributed by atoms with Gasteiger partial charge in [-0.3, -0.25) is 0 Å². The Hall–Kier alpha value is -2.03. The van der Waals surface area contributed by atoms with Crippen LogP contribution in [0.1, 0.15) is 43.4 Å². The Morgan fingerprint density at radius 2 is 1.93 bits per heavy atom. The van der Waals surface area contributed by atoms with Gasteiger partial charge in [-0.15, -0.1) is 24.0 Å². The fraction of sp³-hybridized carbons (Fsp3) is 0.478. The lowest BCUT2D eigenvalue weighted by atomic mass is 10.1. The van der Waals surface area contributed by atoms with Crippen LogP contribution in [0.15, 0.2) is 41.5 Å². The van der Waals surface area contributed by atoms with E-state index in [2.05, 4.69) is 58.6 Å². The van der Waals surface area contributed by atoms with E-state index in [4.69, 9.17) is 9.73 Å². The van der Waals surface area contributed by atoms with Crippen molar-refractivity contribution in [1.82, 2.24) is 15.6 Å². The second kappa shape index (κ2) is 12.6. The molecule has 1 aromatic heterocycles. The predicted molar refractivity (Wildman–Crippen MR) is 135 cm³/mol. The molecule has 1 aromatic carbocycles. The zero-order valence-corrected chi connectivity index (χ0v) is 20.6. The van der Waals surface area contributed by atoms with E-state index in [0.29, 0.717) is 19.7 Å². The molecule has 1 fully saturated rings. The molecule has 0 aliphatic carbocycles. The van der Waals surface area contributed by atoms with Crippen molar-refractivity contribution in [2.45, 2.75) is 46.7 Å². The summed E-state index contributed by atoms with van der Waals surface area (Å²) in [6.45, 7) is 11.1. The van der Waals surface area contributed by atoms with Crippen molar-refractivity contribution in [3.63, 3.8) is 0 Å². The molecular weight excluding hydrogens is 489 g/mol. The van der Waals surface area contributed by atoms with Gasteiger partial charge < -0.3 is 20.3 Å². The first-order valence-electron chi connectivity index (χ1n) is 10.6. The fourth-order valence-electron chi connectivity index (χ4n) is 3.47. The molecule has 0 amide bonds. The van der Waals surface area contributed by atoms with Gasteiger partial charge >= 0.3 is 0 Å². The summed E-state index contributed by atoms with van der Waals surface area (Å²) in [5.74, 6) is 2.80. The van der Waals surface area contributed by atoms with E-state index in [1.807, 2.05) is 19.2 Å². The van der Waals surface area contributed by atoms with Gasteiger partial charge in [0, 0.05) is 37.9 Å². The highest BCUT2D eigenvalue weighted by atomic mass is 127. The van der Waals surface area contributed by atoms with Crippen molar-refractivity contribution in [3.8, 4) is 5.75 Å². The smallest absolute Gasteiger partial charge is 0.191 e. The van der Waals surface area contributed by atoms with E-state index in [0.717, 1.165) is 42.7 Å². The zero-order valence-electron chi connectivity index (χ0n) is 18.3. The highest BCUT2D eigenvalue weighted by molar-refractivity contribution is 14.0. The van der Waals surface area contributed by atoms with E-state index in [9.17, 15) is 0 Å². The van der Waals surface area contributed by atoms with Crippen molar-refractivity contribution in [2.24, 2.45) is 4.99 Å². The van der Waals surface area contributed by atoms with Crippen LogP contribution in [0.4, 0.5) is 5.82 Å². The van der Waals surface area contributed by atoms with E-state index in [1.165, 1.54) is 24.0 Å². The number of nitrogens with zero attached hydrogens (tertiary/aromatic N) is 3. The number of anilines is 1. The zero-order chi connectivity index (χ0) is 20.5. The Kier molecular flexibility index (Phi) is 10.2. The maximum Gasteiger partial charge on any atom is 0.191 e. The molecule has 1 saturated heterocycles. The first kappa shape index (κ1) is 24.2. The fourth-order valence-corrected chi connectivity index (χ4v) is 3.47. The third kappa shape index (κ3) is 7.04. The largest absolute Gasteiger partial charge is 0.494 e. The van der Waals surface area contributed by atoms with Crippen LogP contribution >= 0.6 is 24.0 Å². The van der Waals surface area contributed by atoms with Crippen LogP contribution in [0.2, 0.25) is 0 Å². The van der Waals surface area contributed by atoms with E-state index < -0.39 is 0 Å². The van der Waals surface area contributed by atoms with Gasteiger partial charge in [-0.05, 0) is 62.9 Å². The average Bonchev–Trinajstić information content (AvgIpc) is 3.27. The number of aryl methyl sites for hydroxylation is 1. The number of pyridine rings is 1. The molecule has 7 heteroatoms. The lowest BCUT2D eigenvalue weighted by molar-refractivity contribution is 0.336. The summed E-state index contributed by atoms with van der Waals surface area (Å²) < 4.78 is 5.79.